The van der Waals surface area contributed by atoms with E-state index in [9.17, 15) is 14.4 Å². The van der Waals surface area contributed by atoms with Crippen molar-refractivity contribution in [2.24, 2.45) is 0 Å². The molecule has 1 unspecified atom stereocenters. The minimum Gasteiger partial charge on any atom is -0.462 e. The molecule has 0 N–H and O–H groups in total. The molecule has 6 heteroatoms. The fourth-order valence-corrected chi connectivity index (χ4v) is 9.67. The molecule has 0 aromatic rings. The second-order valence-electron chi connectivity index (χ2n) is 22.7. The molecule has 0 saturated heterocycles. The van der Waals surface area contributed by atoms with Crippen LogP contribution in [0.25, 0.3) is 0 Å². The maximum atomic E-state index is 12.9. The first-order chi connectivity index (χ1) is 39.5. The third-order valence-electron chi connectivity index (χ3n) is 14.8. The summed E-state index contributed by atoms with van der Waals surface area (Å²) in [5.74, 6) is -0.898. The Hall–Kier alpha value is -3.67. The van der Waals surface area contributed by atoms with E-state index in [1.54, 1.807) is 0 Å². The van der Waals surface area contributed by atoms with E-state index in [1.807, 2.05) is 0 Å². The zero-order valence-corrected chi connectivity index (χ0v) is 52.8. The van der Waals surface area contributed by atoms with E-state index in [0.717, 1.165) is 116 Å². The standard InChI is InChI=1S/C74H128O6/c1-4-7-10-13-16-19-22-25-28-31-34-36-37-39-40-43-46-49-52-55-58-61-64-67-73(76)79-70-71(69-78-72(75)66-63-60-57-54-51-48-45-42-33-30-27-24-21-18-15-12-9-6-3)80-74(77)68-65-62-59-56-53-50-47-44-41-38-35-32-29-26-23-20-17-14-11-8-5-2/h8,11,17,20,22,25-26,29-31,33-35,38,44,47,71H,4-7,9-10,12-16,18-19,21,23-24,27-28,32,36-37,39-43,45-46,48-70H2,1-3H3/b11-8-,20-17-,25-22-,29-26-,33-30-,34-31-,38-35-,47-44-. The van der Waals surface area contributed by atoms with Gasteiger partial charge in [-0.2, -0.15) is 0 Å². The molecule has 0 bridgehead atoms. The Balaban J connectivity index is 4.41. The van der Waals surface area contributed by atoms with Crippen LogP contribution in [-0.2, 0) is 28.6 Å². The third kappa shape index (κ3) is 65.1. The Labute approximate surface area is 496 Å². The molecular weight excluding hydrogens is 985 g/mol. The summed E-state index contributed by atoms with van der Waals surface area (Å²) < 4.78 is 17.0. The number of hydrogen-bond donors (Lipinski definition) is 0. The Morgan fingerprint density at radius 1 is 0.263 bits per heavy atom. The van der Waals surface area contributed by atoms with E-state index in [1.165, 1.54) is 180 Å². The van der Waals surface area contributed by atoms with Crippen molar-refractivity contribution in [1.82, 2.24) is 0 Å². The monoisotopic (exact) mass is 1110 g/mol. The summed E-state index contributed by atoms with van der Waals surface area (Å²) in [7, 11) is 0. The van der Waals surface area contributed by atoms with E-state index in [2.05, 4.69) is 118 Å². The van der Waals surface area contributed by atoms with Gasteiger partial charge in [-0.1, -0.05) is 291 Å². The minimum absolute atomic E-state index is 0.0870. The first kappa shape index (κ1) is 76.3. The quantitative estimate of drug-likeness (QED) is 0.0261. The van der Waals surface area contributed by atoms with Gasteiger partial charge in [-0.15, -0.1) is 0 Å². The highest BCUT2D eigenvalue weighted by Crippen LogP contribution is 2.16. The molecule has 460 valence electrons. The highest BCUT2D eigenvalue weighted by Gasteiger charge is 2.19. The first-order valence-electron chi connectivity index (χ1n) is 34.2. The van der Waals surface area contributed by atoms with Gasteiger partial charge in [-0.05, 0) is 122 Å². The van der Waals surface area contributed by atoms with Crippen LogP contribution in [0.4, 0.5) is 0 Å². The molecule has 0 aromatic carbocycles. The van der Waals surface area contributed by atoms with Gasteiger partial charge in [-0.3, -0.25) is 14.4 Å². The minimum atomic E-state index is -0.794. The molecule has 0 saturated carbocycles. The summed E-state index contributed by atoms with van der Waals surface area (Å²) >= 11 is 0. The number of carbonyl (C=O) groups is 3. The Morgan fingerprint density at radius 3 is 0.775 bits per heavy atom. The molecule has 0 heterocycles. The second kappa shape index (κ2) is 67.8. The highest BCUT2D eigenvalue weighted by atomic mass is 16.6. The molecule has 6 nitrogen and oxygen atoms in total. The van der Waals surface area contributed by atoms with Crippen molar-refractivity contribution in [3.8, 4) is 0 Å². The number of hydrogen-bond acceptors (Lipinski definition) is 6. The zero-order valence-electron chi connectivity index (χ0n) is 52.8. The summed E-state index contributed by atoms with van der Waals surface area (Å²) in [4.78, 5) is 38.5. The maximum absolute atomic E-state index is 12.9. The topological polar surface area (TPSA) is 78.9 Å². The van der Waals surface area contributed by atoms with Gasteiger partial charge in [-0.25, -0.2) is 0 Å². The lowest BCUT2D eigenvalue weighted by Gasteiger charge is -2.18. The third-order valence-corrected chi connectivity index (χ3v) is 14.8. The normalized spacial score (nSPS) is 12.7. The molecule has 80 heavy (non-hydrogen) atoms. The number of rotatable bonds is 62. The van der Waals surface area contributed by atoms with Gasteiger partial charge in [0.1, 0.15) is 13.2 Å². The average molecular weight is 1110 g/mol. The summed E-state index contributed by atoms with van der Waals surface area (Å²) in [5.41, 5.74) is 0. The lowest BCUT2D eigenvalue weighted by atomic mass is 10.0. The van der Waals surface area contributed by atoms with E-state index in [4.69, 9.17) is 14.2 Å². The van der Waals surface area contributed by atoms with Crippen LogP contribution in [0.2, 0.25) is 0 Å². The summed E-state index contributed by atoms with van der Waals surface area (Å²) in [6, 6.07) is 0. The number of carbonyl (C=O) groups excluding carboxylic acids is 3. The molecule has 0 aliphatic carbocycles. The SMILES string of the molecule is CC/C=C\C/C=C\C/C=C\C/C=C\C/C=C\CCCCCCCC(=O)OC(COC(=O)CCCCCCCCC/C=C\CCCCCCCCC)COC(=O)CCCCCCCCCCCCC/C=C\C/C=C\CCCCCCC. The smallest absolute Gasteiger partial charge is 0.306 e. The van der Waals surface area contributed by atoms with E-state index < -0.39 is 6.10 Å². The van der Waals surface area contributed by atoms with Crippen molar-refractivity contribution in [3.05, 3.63) is 97.2 Å². The van der Waals surface area contributed by atoms with Crippen molar-refractivity contribution in [3.63, 3.8) is 0 Å². The molecule has 0 aliphatic rings. The van der Waals surface area contributed by atoms with Gasteiger partial charge < -0.3 is 14.2 Å². The number of allylic oxidation sites excluding steroid dienone is 16. The van der Waals surface area contributed by atoms with Crippen LogP contribution in [0.1, 0.15) is 335 Å². The zero-order chi connectivity index (χ0) is 57.8. The lowest BCUT2D eigenvalue weighted by Crippen LogP contribution is -2.30. The van der Waals surface area contributed by atoms with E-state index in [-0.39, 0.29) is 31.1 Å². The van der Waals surface area contributed by atoms with Crippen molar-refractivity contribution < 1.29 is 28.6 Å². The fourth-order valence-electron chi connectivity index (χ4n) is 9.67. The van der Waals surface area contributed by atoms with Gasteiger partial charge in [0, 0.05) is 19.3 Å². The Kier molecular flexibility index (Phi) is 64.7. The summed E-state index contributed by atoms with van der Waals surface area (Å²) in [5, 5.41) is 0. The molecule has 1 atom stereocenters. The van der Waals surface area contributed by atoms with Crippen LogP contribution in [0.5, 0.6) is 0 Å². The van der Waals surface area contributed by atoms with Crippen LogP contribution in [0.3, 0.4) is 0 Å². The predicted molar refractivity (Wildman–Crippen MR) is 348 cm³/mol. The molecular formula is C74H128O6. The van der Waals surface area contributed by atoms with Crippen LogP contribution >= 0.6 is 0 Å². The largest absolute Gasteiger partial charge is 0.462 e. The lowest BCUT2D eigenvalue weighted by molar-refractivity contribution is -0.167. The molecule has 0 spiro atoms. The summed E-state index contributed by atoms with van der Waals surface area (Å²) in [6.45, 7) is 6.53. The van der Waals surface area contributed by atoms with Crippen molar-refractivity contribution in [2.75, 3.05) is 13.2 Å². The number of unbranched alkanes of at least 4 members (excludes halogenated alkanes) is 35. The van der Waals surface area contributed by atoms with Crippen LogP contribution in [0, 0.1) is 0 Å². The molecule has 0 fully saturated rings. The van der Waals surface area contributed by atoms with Gasteiger partial charge in [0.2, 0.25) is 0 Å². The average Bonchev–Trinajstić information content (AvgIpc) is 3.46. The van der Waals surface area contributed by atoms with E-state index in [0.29, 0.717) is 19.3 Å². The van der Waals surface area contributed by atoms with Gasteiger partial charge in [0.05, 0.1) is 0 Å². The first-order valence-corrected chi connectivity index (χ1v) is 34.2. The maximum Gasteiger partial charge on any atom is 0.306 e. The number of ether oxygens (including phenoxy) is 3. The van der Waals surface area contributed by atoms with Crippen LogP contribution in [-0.4, -0.2) is 37.2 Å². The van der Waals surface area contributed by atoms with Gasteiger partial charge in [0.25, 0.3) is 0 Å². The Bertz CT molecular complexity index is 1560. The molecule has 0 amide bonds. The van der Waals surface area contributed by atoms with Crippen molar-refractivity contribution in [1.29, 1.82) is 0 Å². The highest BCUT2D eigenvalue weighted by molar-refractivity contribution is 5.71. The Morgan fingerprint density at radius 2 is 0.487 bits per heavy atom. The van der Waals surface area contributed by atoms with Crippen LogP contribution < -0.4 is 0 Å². The molecule has 0 aliphatic heterocycles. The van der Waals surface area contributed by atoms with Gasteiger partial charge >= 0.3 is 17.9 Å². The molecule has 0 aromatic heterocycles. The van der Waals surface area contributed by atoms with Gasteiger partial charge in [0.15, 0.2) is 6.10 Å². The van der Waals surface area contributed by atoms with Crippen molar-refractivity contribution in [2.45, 2.75) is 341 Å². The van der Waals surface area contributed by atoms with Crippen LogP contribution in [0.15, 0.2) is 97.2 Å². The molecule has 0 rings (SSSR count). The second-order valence-corrected chi connectivity index (χ2v) is 22.7. The van der Waals surface area contributed by atoms with E-state index >= 15 is 0 Å². The van der Waals surface area contributed by atoms with Crippen molar-refractivity contribution >= 4 is 17.9 Å². The summed E-state index contributed by atoms with van der Waals surface area (Å²) in [6.07, 6.45) is 91.3. The fraction of sp³-hybridized carbons (Fsp3) is 0.743. The predicted octanol–water partition coefficient (Wildman–Crippen LogP) is 23.6. The number of esters is 3. The molecule has 0 radical (unpaired) electrons.